The van der Waals surface area contributed by atoms with Crippen LogP contribution in [0.15, 0.2) is 12.1 Å². The maximum Gasteiger partial charge on any atom is 0.129 e. The van der Waals surface area contributed by atoms with Crippen LogP contribution in [0.1, 0.15) is 37.4 Å². The van der Waals surface area contributed by atoms with Gasteiger partial charge in [-0.25, -0.2) is 4.98 Å². The molecule has 2 heterocycles. The predicted octanol–water partition coefficient (Wildman–Crippen LogP) is 1.74. The number of pyridine rings is 1. The lowest BCUT2D eigenvalue weighted by atomic mass is 9.99. The molecule has 1 aliphatic heterocycles. The highest BCUT2D eigenvalue weighted by Crippen LogP contribution is 2.23. The van der Waals surface area contributed by atoms with Crippen LogP contribution in [0.3, 0.4) is 0 Å². The van der Waals surface area contributed by atoms with Gasteiger partial charge in [-0.05, 0) is 42.9 Å². The van der Waals surface area contributed by atoms with Crippen LogP contribution < -0.4 is 4.90 Å². The van der Waals surface area contributed by atoms with Gasteiger partial charge in [0, 0.05) is 25.4 Å². The summed E-state index contributed by atoms with van der Waals surface area (Å²) in [5, 5.41) is 18.7. The van der Waals surface area contributed by atoms with Gasteiger partial charge in [-0.2, -0.15) is 0 Å². The molecule has 106 valence electrons. The number of aromatic nitrogens is 1. The number of aliphatic hydroxyl groups excluding tert-OH is 2. The lowest BCUT2D eigenvalue weighted by molar-refractivity contribution is 0.208. The summed E-state index contributed by atoms with van der Waals surface area (Å²) < 4.78 is 0. The average molecular weight is 264 g/mol. The van der Waals surface area contributed by atoms with E-state index in [0.717, 1.165) is 55.8 Å². The fraction of sp³-hybridized carbons (Fsp3) is 0.667. The standard InChI is InChI=1S/C15H24N2O2/c1-2-4-14-7-13(11-19)8-15(16-14)17-6-3-5-12(9-17)10-18/h7-8,12,18-19H,2-6,9-11H2,1H3. The van der Waals surface area contributed by atoms with Gasteiger partial charge in [-0.15, -0.1) is 0 Å². The van der Waals surface area contributed by atoms with E-state index in [1.54, 1.807) is 0 Å². The summed E-state index contributed by atoms with van der Waals surface area (Å²) >= 11 is 0. The molecule has 1 saturated heterocycles. The predicted molar refractivity (Wildman–Crippen MR) is 76.2 cm³/mol. The van der Waals surface area contributed by atoms with Gasteiger partial charge in [-0.3, -0.25) is 0 Å². The molecule has 1 aromatic rings. The second kappa shape index (κ2) is 6.87. The van der Waals surface area contributed by atoms with Crippen molar-refractivity contribution in [2.45, 2.75) is 39.2 Å². The third-order valence-corrected chi connectivity index (χ3v) is 3.71. The fourth-order valence-corrected chi connectivity index (χ4v) is 2.69. The molecule has 1 atom stereocenters. The van der Waals surface area contributed by atoms with Crippen LogP contribution in [0.25, 0.3) is 0 Å². The Morgan fingerprint density at radius 3 is 2.89 bits per heavy atom. The third-order valence-electron chi connectivity index (χ3n) is 3.71. The highest BCUT2D eigenvalue weighted by atomic mass is 16.3. The molecule has 4 heteroatoms. The zero-order chi connectivity index (χ0) is 13.7. The summed E-state index contributed by atoms with van der Waals surface area (Å²) in [4.78, 5) is 6.94. The van der Waals surface area contributed by atoms with Gasteiger partial charge in [0.2, 0.25) is 0 Å². The molecule has 1 fully saturated rings. The van der Waals surface area contributed by atoms with Gasteiger partial charge in [0.15, 0.2) is 0 Å². The Morgan fingerprint density at radius 1 is 1.37 bits per heavy atom. The van der Waals surface area contributed by atoms with Crippen LogP contribution in [-0.2, 0) is 13.0 Å². The highest BCUT2D eigenvalue weighted by molar-refractivity contribution is 5.43. The number of nitrogens with zero attached hydrogens (tertiary/aromatic N) is 2. The SMILES string of the molecule is CCCc1cc(CO)cc(N2CCCC(CO)C2)n1. The van der Waals surface area contributed by atoms with Crippen molar-refractivity contribution < 1.29 is 10.2 Å². The molecular weight excluding hydrogens is 240 g/mol. The summed E-state index contributed by atoms with van der Waals surface area (Å²) in [6, 6.07) is 3.96. The first-order valence-electron chi connectivity index (χ1n) is 7.23. The van der Waals surface area contributed by atoms with E-state index in [-0.39, 0.29) is 13.2 Å². The smallest absolute Gasteiger partial charge is 0.129 e. The van der Waals surface area contributed by atoms with Crippen LogP contribution in [0.2, 0.25) is 0 Å². The number of aryl methyl sites for hydroxylation is 1. The molecule has 0 aromatic carbocycles. The summed E-state index contributed by atoms with van der Waals surface area (Å²) in [5.74, 6) is 1.30. The van der Waals surface area contributed by atoms with Gasteiger partial charge in [-0.1, -0.05) is 13.3 Å². The molecule has 0 amide bonds. The minimum absolute atomic E-state index is 0.0590. The Bertz CT molecular complexity index is 409. The van der Waals surface area contributed by atoms with Gasteiger partial charge in [0.25, 0.3) is 0 Å². The van der Waals surface area contributed by atoms with Crippen LogP contribution >= 0.6 is 0 Å². The normalized spacial score (nSPS) is 19.7. The number of piperidine rings is 1. The third kappa shape index (κ3) is 3.67. The average Bonchev–Trinajstić information content (AvgIpc) is 2.47. The Hall–Kier alpha value is -1.13. The molecular formula is C15H24N2O2. The van der Waals surface area contributed by atoms with Gasteiger partial charge in [0.05, 0.1) is 6.61 Å². The molecule has 4 nitrogen and oxygen atoms in total. The molecule has 2 rings (SSSR count). The maximum atomic E-state index is 9.36. The molecule has 19 heavy (non-hydrogen) atoms. The molecule has 0 bridgehead atoms. The zero-order valence-electron chi connectivity index (χ0n) is 11.7. The van der Waals surface area contributed by atoms with Crippen LogP contribution in [0.4, 0.5) is 5.82 Å². The van der Waals surface area contributed by atoms with Gasteiger partial charge in [0.1, 0.15) is 5.82 Å². The minimum atomic E-state index is 0.0590. The number of hydrogen-bond donors (Lipinski definition) is 2. The second-order valence-corrected chi connectivity index (χ2v) is 5.37. The summed E-state index contributed by atoms with van der Waals surface area (Å²) in [6.45, 7) is 4.30. The molecule has 1 aromatic heterocycles. The first kappa shape index (κ1) is 14.3. The molecule has 0 saturated carbocycles. The van der Waals surface area contributed by atoms with E-state index in [1.165, 1.54) is 0 Å². The van der Waals surface area contributed by atoms with E-state index in [0.29, 0.717) is 5.92 Å². The van der Waals surface area contributed by atoms with Crippen molar-refractivity contribution in [3.63, 3.8) is 0 Å². The van der Waals surface area contributed by atoms with Crippen molar-refractivity contribution in [3.8, 4) is 0 Å². The topological polar surface area (TPSA) is 56.6 Å². The van der Waals surface area contributed by atoms with Crippen molar-refractivity contribution in [1.29, 1.82) is 0 Å². The number of aliphatic hydroxyl groups is 2. The van der Waals surface area contributed by atoms with E-state index in [4.69, 9.17) is 4.98 Å². The number of hydrogen-bond acceptors (Lipinski definition) is 4. The first-order chi connectivity index (χ1) is 9.26. The van der Waals surface area contributed by atoms with Crippen LogP contribution in [0, 0.1) is 5.92 Å². The number of rotatable bonds is 5. The first-order valence-corrected chi connectivity index (χ1v) is 7.23. The number of anilines is 1. The van der Waals surface area contributed by atoms with E-state index < -0.39 is 0 Å². The molecule has 0 spiro atoms. The molecule has 1 unspecified atom stereocenters. The van der Waals surface area contributed by atoms with E-state index >= 15 is 0 Å². The van der Waals surface area contributed by atoms with Crippen molar-refractivity contribution in [1.82, 2.24) is 4.98 Å². The van der Waals surface area contributed by atoms with Crippen molar-refractivity contribution in [2.75, 3.05) is 24.6 Å². The molecule has 0 radical (unpaired) electrons. The Labute approximate surface area is 115 Å². The second-order valence-electron chi connectivity index (χ2n) is 5.37. The lowest BCUT2D eigenvalue weighted by Crippen LogP contribution is -2.37. The largest absolute Gasteiger partial charge is 0.396 e. The fourth-order valence-electron chi connectivity index (χ4n) is 2.69. The van der Waals surface area contributed by atoms with Crippen molar-refractivity contribution in [2.24, 2.45) is 5.92 Å². The van der Waals surface area contributed by atoms with Gasteiger partial charge >= 0.3 is 0 Å². The Morgan fingerprint density at radius 2 is 2.21 bits per heavy atom. The Kier molecular flexibility index (Phi) is 5.16. The van der Waals surface area contributed by atoms with E-state index in [9.17, 15) is 10.2 Å². The van der Waals surface area contributed by atoms with Crippen molar-refractivity contribution >= 4 is 5.82 Å². The Balaban J connectivity index is 2.19. The zero-order valence-corrected chi connectivity index (χ0v) is 11.7. The quantitative estimate of drug-likeness (QED) is 0.850. The molecule has 1 aliphatic rings. The van der Waals surface area contributed by atoms with Crippen molar-refractivity contribution in [3.05, 3.63) is 23.4 Å². The molecule has 0 aliphatic carbocycles. The van der Waals surface area contributed by atoms with E-state index in [2.05, 4.69) is 11.8 Å². The summed E-state index contributed by atoms with van der Waals surface area (Å²) in [5.41, 5.74) is 1.98. The monoisotopic (exact) mass is 264 g/mol. The lowest BCUT2D eigenvalue weighted by Gasteiger charge is -2.33. The van der Waals surface area contributed by atoms with Gasteiger partial charge < -0.3 is 15.1 Å². The van der Waals surface area contributed by atoms with Crippen LogP contribution in [-0.4, -0.2) is 34.9 Å². The summed E-state index contributed by atoms with van der Waals surface area (Å²) in [7, 11) is 0. The maximum absolute atomic E-state index is 9.36. The van der Waals surface area contributed by atoms with Crippen LogP contribution in [0.5, 0.6) is 0 Å². The van der Waals surface area contributed by atoms with E-state index in [1.807, 2.05) is 12.1 Å². The summed E-state index contributed by atoms with van der Waals surface area (Å²) in [6.07, 6.45) is 4.19. The molecule has 2 N–H and O–H groups in total. The minimum Gasteiger partial charge on any atom is -0.396 e. The highest BCUT2D eigenvalue weighted by Gasteiger charge is 2.20.